The molecule has 2 heterocycles. The first-order chi connectivity index (χ1) is 15.5. The van der Waals surface area contributed by atoms with Crippen LogP contribution < -0.4 is 14.8 Å². The van der Waals surface area contributed by atoms with Gasteiger partial charge in [0.1, 0.15) is 12.4 Å². The molecule has 0 aliphatic heterocycles. The van der Waals surface area contributed by atoms with Crippen molar-refractivity contribution in [1.29, 1.82) is 0 Å². The summed E-state index contributed by atoms with van der Waals surface area (Å²) in [6, 6.07) is 19.7. The van der Waals surface area contributed by atoms with E-state index in [1.807, 2.05) is 55.5 Å². The molecule has 0 unspecified atom stereocenters. The van der Waals surface area contributed by atoms with Crippen molar-refractivity contribution in [1.82, 2.24) is 9.38 Å². The van der Waals surface area contributed by atoms with Crippen LogP contribution in [0.15, 0.2) is 71.5 Å². The van der Waals surface area contributed by atoms with Gasteiger partial charge in [-0.3, -0.25) is 14.9 Å². The van der Waals surface area contributed by atoms with Crippen LogP contribution in [-0.4, -0.2) is 14.3 Å². The van der Waals surface area contributed by atoms with E-state index in [2.05, 4.69) is 4.98 Å². The first-order valence-electron chi connectivity index (χ1n) is 9.89. The summed E-state index contributed by atoms with van der Waals surface area (Å²) in [4.78, 5) is 29.1. The number of para-hydroxylation sites is 2. The van der Waals surface area contributed by atoms with Gasteiger partial charge in [-0.15, -0.1) is 0 Å². The molecule has 0 saturated heterocycles. The Morgan fingerprint density at radius 2 is 1.91 bits per heavy atom. The molecule has 7 nitrogen and oxygen atoms in total. The van der Waals surface area contributed by atoms with E-state index in [1.165, 1.54) is 23.5 Å². The van der Waals surface area contributed by atoms with Gasteiger partial charge in [-0.1, -0.05) is 47.7 Å². The summed E-state index contributed by atoms with van der Waals surface area (Å²) in [5.41, 5.74) is 3.78. The van der Waals surface area contributed by atoms with Crippen molar-refractivity contribution >= 4 is 39.1 Å². The zero-order valence-electron chi connectivity index (χ0n) is 17.0. The van der Waals surface area contributed by atoms with Crippen LogP contribution in [0, 0.1) is 17.0 Å². The molecule has 0 aliphatic rings. The number of hydrogen-bond donors (Lipinski definition) is 0. The SMILES string of the molecule is Cc1ccccc1COc1ccc([N+](=O)[O-])cc1C=c1sc2nc3ccccc3n2c1=O. The highest BCUT2D eigenvalue weighted by atomic mass is 32.1. The van der Waals surface area contributed by atoms with Crippen LogP contribution in [0.5, 0.6) is 5.75 Å². The number of non-ortho nitro benzene ring substituents is 1. The molecule has 0 atom stereocenters. The largest absolute Gasteiger partial charge is 0.488 e. The second-order valence-corrected chi connectivity index (χ2v) is 8.34. The van der Waals surface area contributed by atoms with Crippen molar-refractivity contribution < 1.29 is 9.66 Å². The van der Waals surface area contributed by atoms with E-state index >= 15 is 0 Å². The van der Waals surface area contributed by atoms with E-state index in [0.717, 1.165) is 22.2 Å². The summed E-state index contributed by atoms with van der Waals surface area (Å²) in [6.07, 6.45) is 1.64. The molecule has 32 heavy (non-hydrogen) atoms. The zero-order chi connectivity index (χ0) is 22.2. The maximum absolute atomic E-state index is 13.1. The van der Waals surface area contributed by atoms with E-state index in [9.17, 15) is 14.9 Å². The highest BCUT2D eigenvalue weighted by Gasteiger charge is 2.14. The molecule has 0 radical (unpaired) electrons. The molecule has 5 rings (SSSR count). The van der Waals surface area contributed by atoms with Crippen molar-refractivity contribution in [3.8, 4) is 5.75 Å². The predicted molar refractivity (Wildman–Crippen MR) is 124 cm³/mol. The molecular formula is C24H17N3O4S. The van der Waals surface area contributed by atoms with Gasteiger partial charge in [0.05, 0.1) is 20.5 Å². The summed E-state index contributed by atoms with van der Waals surface area (Å²) in [7, 11) is 0. The van der Waals surface area contributed by atoms with Crippen LogP contribution in [-0.2, 0) is 6.61 Å². The van der Waals surface area contributed by atoms with E-state index in [4.69, 9.17) is 4.74 Å². The minimum atomic E-state index is -0.463. The number of aromatic nitrogens is 2. The summed E-state index contributed by atoms with van der Waals surface area (Å²) in [5.74, 6) is 0.467. The van der Waals surface area contributed by atoms with Crippen LogP contribution in [0.2, 0.25) is 0 Å². The molecule has 2 aromatic heterocycles. The van der Waals surface area contributed by atoms with Crippen LogP contribution >= 0.6 is 11.3 Å². The van der Waals surface area contributed by atoms with Gasteiger partial charge < -0.3 is 4.74 Å². The Hall–Kier alpha value is -4.04. The maximum Gasteiger partial charge on any atom is 0.274 e. The van der Waals surface area contributed by atoms with E-state index in [-0.39, 0.29) is 11.2 Å². The van der Waals surface area contributed by atoms with Gasteiger partial charge in [-0.05, 0) is 42.3 Å². The van der Waals surface area contributed by atoms with Gasteiger partial charge in [0.2, 0.25) is 0 Å². The molecule has 0 spiro atoms. The summed E-state index contributed by atoms with van der Waals surface area (Å²) >= 11 is 1.24. The van der Waals surface area contributed by atoms with Gasteiger partial charge in [0.25, 0.3) is 11.2 Å². The minimum Gasteiger partial charge on any atom is -0.488 e. The van der Waals surface area contributed by atoms with Gasteiger partial charge in [0, 0.05) is 17.7 Å². The average Bonchev–Trinajstić information content (AvgIpc) is 3.30. The third kappa shape index (κ3) is 3.50. The third-order valence-corrected chi connectivity index (χ3v) is 6.25. The molecule has 0 amide bonds. The number of hydrogen-bond acceptors (Lipinski definition) is 6. The van der Waals surface area contributed by atoms with Crippen LogP contribution in [0.4, 0.5) is 5.69 Å². The van der Waals surface area contributed by atoms with E-state index in [1.54, 1.807) is 16.5 Å². The molecule has 0 saturated carbocycles. The lowest BCUT2D eigenvalue weighted by molar-refractivity contribution is -0.384. The van der Waals surface area contributed by atoms with Crippen LogP contribution in [0.1, 0.15) is 16.7 Å². The molecule has 5 aromatic rings. The smallest absolute Gasteiger partial charge is 0.274 e. The number of benzene rings is 3. The lowest BCUT2D eigenvalue weighted by Crippen LogP contribution is -2.22. The quantitative estimate of drug-likeness (QED) is 0.299. The standard InChI is InChI=1S/C24H17N3O4S/c1-15-6-2-3-7-16(15)14-31-21-11-10-18(27(29)30)12-17(21)13-22-23(28)26-20-9-5-4-8-19(20)25-24(26)32-22/h2-13H,14H2,1H3. The Morgan fingerprint density at radius 3 is 2.72 bits per heavy atom. The van der Waals surface area contributed by atoms with E-state index in [0.29, 0.717) is 27.4 Å². The first-order valence-corrected chi connectivity index (χ1v) is 10.7. The molecule has 8 heteroatoms. The fourth-order valence-electron chi connectivity index (χ4n) is 3.57. The van der Waals surface area contributed by atoms with Crippen molar-refractivity contribution in [2.75, 3.05) is 0 Å². The number of nitro groups is 1. The highest BCUT2D eigenvalue weighted by molar-refractivity contribution is 7.15. The lowest BCUT2D eigenvalue weighted by atomic mass is 10.1. The zero-order valence-corrected chi connectivity index (χ0v) is 17.8. The number of ether oxygens (including phenoxy) is 1. The number of aryl methyl sites for hydroxylation is 1. The summed E-state index contributed by atoms with van der Waals surface area (Å²) < 4.78 is 8.00. The molecular weight excluding hydrogens is 426 g/mol. The number of thiazole rings is 1. The second kappa shape index (κ2) is 7.90. The third-order valence-electron chi connectivity index (χ3n) is 5.28. The van der Waals surface area contributed by atoms with Gasteiger partial charge >= 0.3 is 0 Å². The van der Waals surface area contributed by atoms with Crippen LogP contribution in [0.25, 0.3) is 22.1 Å². The predicted octanol–water partition coefficient (Wildman–Crippen LogP) is 4.25. The number of nitrogens with zero attached hydrogens (tertiary/aromatic N) is 3. The normalized spacial score (nSPS) is 12.0. The molecule has 158 valence electrons. The Balaban J connectivity index is 1.61. The minimum absolute atomic E-state index is 0.0706. The lowest BCUT2D eigenvalue weighted by Gasteiger charge is -2.11. The Labute approximate surface area is 186 Å². The Morgan fingerprint density at radius 1 is 1.12 bits per heavy atom. The van der Waals surface area contributed by atoms with Crippen LogP contribution in [0.3, 0.4) is 0 Å². The maximum atomic E-state index is 13.1. The van der Waals surface area contributed by atoms with Gasteiger partial charge in [-0.25, -0.2) is 9.38 Å². The number of imidazole rings is 1. The van der Waals surface area contributed by atoms with Crippen molar-refractivity contribution in [3.05, 3.63) is 108 Å². The number of nitro benzene ring substituents is 1. The van der Waals surface area contributed by atoms with Crippen molar-refractivity contribution in [2.24, 2.45) is 0 Å². The van der Waals surface area contributed by atoms with Crippen molar-refractivity contribution in [2.45, 2.75) is 13.5 Å². The fourth-order valence-corrected chi connectivity index (χ4v) is 4.55. The fraction of sp³-hybridized carbons (Fsp3) is 0.0833. The summed E-state index contributed by atoms with van der Waals surface area (Å²) in [5, 5.41) is 11.3. The topological polar surface area (TPSA) is 86.7 Å². The summed E-state index contributed by atoms with van der Waals surface area (Å²) in [6.45, 7) is 2.31. The molecule has 0 N–H and O–H groups in total. The molecule has 3 aromatic carbocycles. The van der Waals surface area contributed by atoms with Gasteiger partial charge in [-0.2, -0.15) is 0 Å². The first kappa shape index (κ1) is 19.9. The van der Waals surface area contributed by atoms with Gasteiger partial charge in [0.15, 0.2) is 4.96 Å². The molecule has 0 fully saturated rings. The number of fused-ring (bicyclic) bond motifs is 3. The van der Waals surface area contributed by atoms with E-state index < -0.39 is 4.92 Å². The van der Waals surface area contributed by atoms with Crippen molar-refractivity contribution in [3.63, 3.8) is 0 Å². The average molecular weight is 443 g/mol. The molecule has 0 bridgehead atoms. The monoisotopic (exact) mass is 443 g/mol. The Bertz CT molecular complexity index is 1600. The number of rotatable bonds is 5. The molecule has 0 aliphatic carbocycles. The second-order valence-electron chi connectivity index (χ2n) is 7.33. The highest BCUT2D eigenvalue weighted by Crippen LogP contribution is 2.26. The Kier molecular flexibility index (Phi) is 4.91.